The van der Waals surface area contributed by atoms with Gasteiger partial charge in [0.1, 0.15) is 12.1 Å². The molecule has 1 aromatic heterocycles. The molecule has 0 amide bonds. The first-order chi connectivity index (χ1) is 6.77. The van der Waals surface area contributed by atoms with Gasteiger partial charge in [-0.2, -0.15) is 0 Å². The van der Waals surface area contributed by atoms with Crippen LogP contribution in [0.4, 0.5) is 5.82 Å². The number of nitrogens with zero attached hydrogens (tertiary/aromatic N) is 2. The van der Waals surface area contributed by atoms with E-state index in [-0.39, 0.29) is 0 Å². The molecule has 0 radical (unpaired) electrons. The highest BCUT2D eigenvalue weighted by Gasteiger charge is 2.05. The van der Waals surface area contributed by atoms with Crippen LogP contribution >= 0.6 is 0 Å². The molecule has 0 aliphatic heterocycles. The molecule has 0 aliphatic rings. The van der Waals surface area contributed by atoms with Crippen LogP contribution in [0.25, 0.3) is 0 Å². The van der Waals surface area contributed by atoms with Crippen LogP contribution in [0, 0.1) is 12.3 Å². The fourth-order valence-corrected chi connectivity index (χ4v) is 1.09. The molecule has 0 bridgehead atoms. The van der Waals surface area contributed by atoms with Crippen molar-refractivity contribution in [3.63, 3.8) is 0 Å². The summed E-state index contributed by atoms with van der Waals surface area (Å²) < 4.78 is 0. The van der Waals surface area contributed by atoms with Crippen molar-refractivity contribution in [2.45, 2.75) is 26.2 Å². The van der Waals surface area contributed by atoms with Gasteiger partial charge in [0, 0.05) is 11.8 Å². The molecule has 1 heterocycles. The Balaban J connectivity index is 2.74. The number of anilines is 1. The standard InChI is InChI=1S/C11H15N3/c1-4-6-12-11-7-10(9(3)5-2)13-8-14-11/h1,7-9H,5-6H2,2-3H3,(H,12,13,14). The Hall–Kier alpha value is -1.56. The molecule has 1 N–H and O–H groups in total. The van der Waals surface area contributed by atoms with Crippen LogP contribution in [-0.2, 0) is 0 Å². The zero-order valence-corrected chi connectivity index (χ0v) is 8.62. The average molecular weight is 189 g/mol. The summed E-state index contributed by atoms with van der Waals surface area (Å²) in [7, 11) is 0. The second kappa shape index (κ2) is 5.23. The van der Waals surface area contributed by atoms with Crippen molar-refractivity contribution in [1.82, 2.24) is 9.97 Å². The topological polar surface area (TPSA) is 37.8 Å². The van der Waals surface area contributed by atoms with Gasteiger partial charge in [0.15, 0.2) is 0 Å². The van der Waals surface area contributed by atoms with Gasteiger partial charge in [0.05, 0.1) is 6.54 Å². The van der Waals surface area contributed by atoms with E-state index in [1.165, 1.54) is 0 Å². The van der Waals surface area contributed by atoms with E-state index in [1.54, 1.807) is 6.33 Å². The Labute approximate surface area is 85.0 Å². The lowest BCUT2D eigenvalue weighted by Crippen LogP contribution is -2.03. The molecule has 1 rings (SSSR count). The predicted molar refractivity (Wildman–Crippen MR) is 58.1 cm³/mol. The minimum Gasteiger partial charge on any atom is -0.359 e. The summed E-state index contributed by atoms with van der Waals surface area (Å²) in [6, 6.07) is 1.95. The molecule has 14 heavy (non-hydrogen) atoms. The van der Waals surface area contributed by atoms with Crippen molar-refractivity contribution in [2.24, 2.45) is 0 Å². The second-order valence-electron chi connectivity index (χ2n) is 3.20. The molecule has 3 nitrogen and oxygen atoms in total. The maximum atomic E-state index is 5.14. The average Bonchev–Trinajstić information content (AvgIpc) is 2.25. The number of hydrogen-bond donors (Lipinski definition) is 1. The first kappa shape index (κ1) is 10.5. The maximum Gasteiger partial charge on any atom is 0.130 e. The first-order valence-electron chi connectivity index (χ1n) is 4.77. The summed E-state index contributed by atoms with van der Waals surface area (Å²) >= 11 is 0. The molecule has 0 spiro atoms. The van der Waals surface area contributed by atoms with E-state index in [4.69, 9.17) is 6.42 Å². The van der Waals surface area contributed by atoms with Crippen molar-refractivity contribution in [3.8, 4) is 12.3 Å². The van der Waals surface area contributed by atoms with Crippen molar-refractivity contribution in [2.75, 3.05) is 11.9 Å². The van der Waals surface area contributed by atoms with Gasteiger partial charge in [-0.3, -0.25) is 0 Å². The van der Waals surface area contributed by atoms with Crippen molar-refractivity contribution < 1.29 is 0 Å². The van der Waals surface area contributed by atoms with Crippen LogP contribution in [0.2, 0.25) is 0 Å². The maximum absolute atomic E-state index is 5.14. The van der Waals surface area contributed by atoms with Gasteiger partial charge in [-0.15, -0.1) is 6.42 Å². The van der Waals surface area contributed by atoms with E-state index >= 15 is 0 Å². The zero-order chi connectivity index (χ0) is 10.4. The third kappa shape index (κ3) is 2.74. The SMILES string of the molecule is C#CCNc1cc(C(C)CC)ncn1. The van der Waals surface area contributed by atoms with Crippen LogP contribution in [-0.4, -0.2) is 16.5 Å². The summed E-state index contributed by atoms with van der Waals surface area (Å²) in [5, 5.41) is 3.03. The number of aromatic nitrogens is 2. The molecule has 0 aliphatic carbocycles. The van der Waals surface area contributed by atoms with E-state index < -0.39 is 0 Å². The van der Waals surface area contributed by atoms with Crippen LogP contribution in [0.1, 0.15) is 31.9 Å². The fraction of sp³-hybridized carbons (Fsp3) is 0.455. The quantitative estimate of drug-likeness (QED) is 0.736. The third-order valence-corrected chi connectivity index (χ3v) is 2.18. The van der Waals surface area contributed by atoms with Crippen LogP contribution in [0.5, 0.6) is 0 Å². The number of hydrogen-bond acceptors (Lipinski definition) is 3. The molecular weight excluding hydrogens is 174 g/mol. The van der Waals surface area contributed by atoms with Gasteiger partial charge in [0.25, 0.3) is 0 Å². The van der Waals surface area contributed by atoms with Crippen LogP contribution < -0.4 is 5.32 Å². The summed E-state index contributed by atoms with van der Waals surface area (Å²) in [6.07, 6.45) is 7.79. The monoisotopic (exact) mass is 189 g/mol. The molecule has 1 unspecified atom stereocenters. The highest BCUT2D eigenvalue weighted by atomic mass is 15.0. The smallest absolute Gasteiger partial charge is 0.130 e. The van der Waals surface area contributed by atoms with E-state index in [0.717, 1.165) is 17.9 Å². The van der Waals surface area contributed by atoms with Crippen molar-refractivity contribution in [3.05, 3.63) is 18.1 Å². The molecule has 74 valence electrons. The Morgan fingerprint density at radius 3 is 3.00 bits per heavy atom. The van der Waals surface area contributed by atoms with Gasteiger partial charge in [-0.25, -0.2) is 9.97 Å². The van der Waals surface area contributed by atoms with Crippen molar-refractivity contribution in [1.29, 1.82) is 0 Å². The van der Waals surface area contributed by atoms with Crippen LogP contribution in [0.15, 0.2) is 12.4 Å². The Bertz CT molecular complexity index is 328. The van der Waals surface area contributed by atoms with E-state index in [0.29, 0.717) is 12.5 Å². The van der Waals surface area contributed by atoms with Gasteiger partial charge in [-0.05, 0) is 12.3 Å². The van der Waals surface area contributed by atoms with Crippen molar-refractivity contribution >= 4 is 5.82 Å². The number of nitrogens with one attached hydrogen (secondary N) is 1. The number of terminal acetylenes is 1. The number of rotatable bonds is 4. The Morgan fingerprint density at radius 1 is 1.57 bits per heavy atom. The molecule has 1 aromatic rings. The van der Waals surface area contributed by atoms with Gasteiger partial charge in [0.2, 0.25) is 0 Å². The highest BCUT2D eigenvalue weighted by molar-refractivity contribution is 5.36. The fourth-order valence-electron chi connectivity index (χ4n) is 1.09. The summed E-state index contributed by atoms with van der Waals surface area (Å²) in [5.74, 6) is 3.77. The van der Waals surface area contributed by atoms with Gasteiger partial charge >= 0.3 is 0 Å². The molecule has 0 saturated heterocycles. The lowest BCUT2D eigenvalue weighted by atomic mass is 10.1. The van der Waals surface area contributed by atoms with Crippen LogP contribution in [0.3, 0.4) is 0 Å². The largest absolute Gasteiger partial charge is 0.359 e. The summed E-state index contributed by atoms with van der Waals surface area (Å²) in [4.78, 5) is 8.29. The van der Waals surface area contributed by atoms with E-state index in [1.807, 2.05) is 6.07 Å². The predicted octanol–water partition coefficient (Wildman–Crippen LogP) is 2.04. The molecule has 1 atom stereocenters. The first-order valence-corrected chi connectivity index (χ1v) is 4.77. The molecular formula is C11H15N3. The molecule has 0 saturated carbocycles. The lowest BCUT2D eigenvalue weighted by molar-refractivity contribution is 0.705. The van der Waals surface area contributed by atoms with Gasteiger partial charge in [-0.1, -0.05) is 19.8 Å². The second-order valence-corrected chi connectivity index (χ2v) is 3.20. The normalized spacial score (nSPS) is 11.8. The Kier molecular flexibility index (Phi) is 3.93. The Morgan fingerprint density at radius 2 is 2.36 bits per heavy atom. The van der Waals surface area contributed by atoms with E-state index in [2.05, 4.69) is 35.1 Å². The van der Waals surface area contributed by atoms with E-state index in [9.17, 15) is 0 Å². The molecule has 0 fully saturated rings. The lowest BCUT2D eigenvalue weighted by Gasteiger charge is -2.08. The minimum absolute atomic E-state index is 0.462. The third-order valence-electron chi connectivity index (χ3n) is 2.18. The minimum atomic E-state index is 0.462. The summed E-state index contributed by atoms with van der Waals surface area (Å²) in [6.45, 7) is 4.78. The zero-order valence-electron chi connectivity index (χ0n) is 8.62. The molecule has 3 heteroatoms. The highest BCUT2D eigenvalue weighted by Crippen LogP contribution is 2.17. The summed E-state index contributed by atoms with van der Waals surface area (Å²) in [5.41, 5.74) is 1.06. The van der Waals surface area contributed by atoms with Gasteiger partial charge < -0.3 is 5.32 Å². The molecule has 0 aromatic carbocycles.